The second-order valence-electron chi connectivity index (χ2n) is 7.29. The summed E-state index contributed by atoms with van der Waals surface area (Å²) in [6.45, 7) is 2.19. The number of amides is 1. The molecule has 8 heteroatoms. The summed E-state index contributed by atoms with van der Waals surface area (Å²) in [4.78, 5) is 21.4. The Morgan fingerprint density at radius 3 is 2.52 bits per heavy atom. The van der Waals surface area contributed by atoms with Gasteiger partial charge in [-0.2, -0.15) is 0 Å². The van der Waals surface area contributed by atoms with Crippen LogP contribution >= 0.6 is 22.9 Å². The summed E-state index contributed by atoms with van der Waals surface area (Å²) < 4.78 is 11.3. The van der Waals surface area contributed by atoms with Crippen LogP contribution in [0.5, 0.6) is 11.5 Å². The number of nitrogens with zero attached hydrogens (tertiary/aromatic N) is 3. The van der Waals surface area contributed by atoms with Crippen LogP contribution in [0.25, 0.3) is 0 Å². The van der Waals surface area contributed by atoms with Crippen LogP contribution in [-0.4, -0.2) is 55.0 Å². The largest absolute Gasteiger partial charge is 0.493 e. The first-order valence-electron chi connectivity index (χ1n) is 9.82. The number of halogens is 1. The molecule has 0 saturated heterocycles. The Bertz CT molecular complexity index is 978. The highest BCUT2D eigenvalue weighted by atomic mass is 35.5. The molecule has 0 spiro atoms. The number of aromatic nitrogens is 1. The molecule has 0 saturated carbocycles. The number of carbonyl (C=O) groups is 1. The minimum Gasteiger partial charge on any atom is -0.493 e. The molecule has 31 heavy (non-hydrogen) atoms. The number of benzene rings is 2. The van der Waals surface area contributed by atoms with Crippen LogP contribution in [0.15, 0.2) is 53.4 Å². The maximum atomic E-state index is 13.3. The third kappa shape index (κ3) is 6.69. The van der Waals surface area contributed by atoms with Gasteiger partial charge in [-0.15, -0.1) is 11.3 Å². The molecule has 1 heterocycles. The van der Waals surface area contributed by atoms with E-state index in [1.165, 1.54) is 11.3 Å². The molecule has 0 aliphatic rings. The zero-order valence-corrected chi connectivity index (χ0v) is 19.4. The Morgan fingerprint density at radius 1 is 1.10 bits per heavy atom. The van der Waals surface area contributed by atoms with Gasteiger partial charge in [-0.3, -0.25) is 4.79 Å². The monoisotopic (exact) mass is 459 g/mol. The summed E-state index contributed by atoms with van der Waals surface area (Å²) in [5.41, 5.74) is 4.18. The zero-order valence-electron chi connectivity index (χ0n) is 17.9. The van der Waals surface area contributed by atoms with E-state index in [4.69, 9.17) is 21.1 Å². The lowest BCUT2D eigenvalue weighted by Gasteiger charge is -2.25. The number of rotatable bonds is 10. The van der Waals surface area contributed by atoms with Crippen molar-refractivity contribution in [2.45, 2.75) is 13.2 Å². The van der Waals surface area contributed by atoms with Gasteiger partial charge in [0.2, 0.25) is 0 Å². The van der Waals surface area contributed by atoms with Crippen LogP contribution in [0.4, 0.5) is 0 Å². The van der Waals surface area contributed by atoms with E-state index in [2.05, 4.69) is 9.88 Å². The number of hydrogen-bond donors (Lipinski definition) is 0. The molecule has 0 aliphatic carbocycles. The summed E-state index contributed by atoms with van der Waals surface area (Å²) >= 11 is 7.52. The molecule has 0 bridgehead atoms. The van der Waals surface area contributed by atoms with E-state index in [-0.39, 0.29) is 5.91 Å². The number of carbonyl (C=O) groups excluding carboxylic acids is 1. The number of methoxy groups -OCH3 is 1. The summed E-state index contributed by atoms with van der Waals surface area (Å²) in [6, 6.07) is 12.8. The van der Waals surface area contributed by atoms with Crippen molar-refractivity contribution in [3.05, 3.63) is 75.2 Å². The number of likely N-dealkylation sites (N-methyl/N-ethyl adjacent to an activating group) is 1. The van der Waals surface area contributed by atoms with Crippen LogP contribution in [0.3, 0.4) is 0 Å². The van der Waals surface area contributed by atoms with Crippen LogP contribution in [0.2, 0.25) is 5.02 Å². The molecular formula is C23H26ClN3O3S. The first-order chi connectivity index (χ1) is 15.0. The fraction of sp³-hybridized carbons (Fsp3) is 0.304. The predicted octanol–water partition coefficient (Wildman–Crippen LogP) is 4.59. The Kier molecular flexibility index (Phi) is 8.28. The van der Waals surface area contributed by atoms with Crippen molar-refractivity contribution in [2.75, 3.05) is 34.3 Å². The minimum absolute atomic E-state index is 0.0684. The van der Waals surface area contributed by atoms with E-state index in [1.54, 1.807) is 30.8 Å². The Balaban J connectivity index is 1.77. The van der Waals surface area contributed by atoms with Crippen molar-refractivity contribution >= 4 is 28.8 Å². The Hall–Kier alpha value is -2.61. The molecule has 0 aliphatic heterocycles. The van der Waals surface area contributed by atoms with E-state index < -0.39 is 0 Å². The maximum Gasteiger partial charge on any atom is 0.254 e. The normalized spacial score (nSPS) is 10.9. The van der Waals surface area contributed by atoms with Crippen LogP contribution in [-0.2, 0) is 13.2 Å². The highest BCUT2D eigenvalue weighted by molar-refractivity contribution is 7.07. The number of thiazole rings is 1. The van der Waals surface area contributed by atoms with Crippen molar-refractivity contribution in [1.29, 1.82) is 0 Å². The average molecular weight is 460 g/mol. The van der Waals surface area contributed by atoms with Gasteiger partial charge in [-0.05, 0) is 50.0 Å². The van der Waals surface area contributed by atoms with E-state index in [1.807, 2.05) is 48.6 Å². The first-order valence-corrected chi connectivity index (χ1v) is 11.1. The molecule has 1 aromatic heterocycles. The lowest BCUT2D eigenvalue weighted by molar-refractivity contribution is 0.0731. The molecule has 6 nitrogen and oxygen atoms in total. The van der Waals surface area contributed by atoms with Gasteiger partial charge < -0.3 is 19.3 Å². The van der Waals surface area contributed by atoms with Gasteiger partial charge in [0.05, 0.1) is 18.3 Å². The van der Waals surface area contributed by atoms with Gasteiger partial charge in [0, 0.05) is 35.6 Å². The predicted molar refractivity (Wildman–Crippen MR) is 124 cm³/mol. The average Bonchev–Trinajstić information content (AvgIpc) is 3.29. The van der Waals surface area contributed by atoms with Gasteiger partial charge in [0.25, 0.3) is 5.91 Å². The fourth-order valence-electron chi connectivity index (χ4n) is 2.95. The quantitative estimate of drug-likeness (QED) is 0.444. The molecule has 3 aromatic rings. The van der Waals surface area contributed by atoms with Crippen LogP contribution in [0, 0.1) is 0 Å². The molecular weight excluding hydrogens is 434 g/mol. The second kappa shape index (κ2) is 11.1. The number of hydrogen-bond acceptors (Lipinski definition) is 6. The molecule has 0 fully saturated rings. The fourth-order valence-corrected chi connectivity index (χ4v) is 3.62. The van der Waals surface area contributed by atoms with Crippen molar-refractivity contribution < 1.29 is 14.3 Å². The van der Waals surface area contributed by atoms with E-state index >= 15 is 0 Å². The van der Waals surface area contributed by atoms with Gasteiger partial charge in [0.1, 0.15) is 6.61 Å². The third-order valence-electron chi connectivity index (χ3n) is 4.66. The smallest absolute Gasteiger partial charge is 0.254 e. The Morgan fingerprint density at radius 2 is 1.87 bits per heavy atom. The molecule has 2 aromatic carbocycles. The van der Waals surface area contributed by atoms with E-state index in [0.29, 0.717) is 41.8 Å². The molecule has 0 atom stereocenters. The lowest BCUT2D eigenvalue weighted by Crippen LogP contribution is -2.36. The lowest BCUT2D eigenvalue weighted by atomic mass is 10.1. The van der Waals surface area contributed by atoms with E-state index in [0.717, 1.165) is 17.8 Å². The highest BCUT2D eigenvalue weighted by Crippen LogP contribution is 2.29. The van der Waals surface area contributed by atoms with Gasteiger partial charge in [-0.1, -0.05) is 23.7 Å². The molecule has 0 radical (unpaired) electrons. The summed E-state index contributed by atoms with van der Waals surface area (Å²) in [5.74, 6) is 1.02. The van der Waals surface area contributed by atoms with Crippen molar-refractivity contribution in [2.24, 2.45) is 0 Å². The minimum atomic E-state index is -0.0684. The zero-order chi connectivity index (χ0) is 22.2. The Labute approximate surface area is 192 Å². The molecule has 0 N–H and O–H groups in total. The summed E-state index contributed by atoms with van der Waals surface area (Å²) in [5, 5.41) is 2.61. The van der Waals surface area contributed by atoms with Crippen LogP contribution in [0.1, 0.15) is 21.6 Å². The van der Waals surface area contributed by atoms with Crippen molar-refractivity contribution in [3.8, 4) is 11.5 Å². The molecule has 1 amide bonds. The maximum absolute atomic E-state index is 13.3. The topological polar surface area (TPSA) is 54.9 Å². The third-order valence-corrected chi connectivity index (χ3v) is 5.55. The first kappa shape index (κ1) is 23.1. The van der Waals surface area contributed by atoms with E-state index in [9.17, 15) is 4.79 Å². The number of ether oxygens (including phenoxy) is 2. The van der Waals surface area contributed by atoms with Gasteiger partial charge in [0.15, 0.2) is 11.5 Å². The molecule has 164 valence electrons. The standard InChI is InChI=1S/C23H26ClN3O3S/c1-26(2)10-11-27(13-17-4-7-19(24)8-5-17)23(28)18-6-9-21(22(12-18)29-3)30-14-20-15-31-16-25-20/h4-9,12,15-16H,10-11,13-14H2,1-3H3. The second-order valence-corrected chi connectivity index (χ2v) is 8.45. The van der Waals surface area contributed by atoms with Crippen molar-refractivity contribution in [3.63, 3.8) is 0 Å². The van der Waals surface area contributed by atoms with Gasteiger partial charge >= 0.3 is 0 Å². The van der Waals surface area contributed by atoms with Gasteiger partial charge in [-0.25, -0.2) is 4.98 Å². The molecule has 0 unspecified atom stereocenters. The summed E-state index contributed by atoms with van der Waals surface area (Å²) in [6.07, 6.45) is 0. The van der Waals surface area contributed by atoms with Crippen LogP contribution < -0.4 is 9.47 Å². The molecule has 3 rings (SSSR count). The summed E-state index contributed by atoms with van der Waals surface area (Å²) in [7, 11) is 5.54. The van der Waals surface area contributed by atoms with Crippen molar-refractivity contribution in [1.82, 2.24) is 14.8 Å². The SMILES string of the molecule is COc1cc(C(=O)N(CCN(C)C)Cc2ccc(Cl)cc2)ccc1OCc1cscn1. The highest BCUT2D eigenvalue weighted by Gasteiger charge is 2.19.